The molecule has 100 valence electrons. The minimum atomic E-state index is -0.0123. The number of carbonyl (C=O) groups excluding carboxylic acids is 1. The zero-order valence-corrected chi connectivity index (χ0v) is 11.7. The summed E-state index contributed by atoms with van der Waals surface area (Å²) >= 11 is 0. The molecule has 0 aliphatic rings. The maximum Gasteiger partial charge on any atom is 0.239 e. The van der Waals surface area contributed by atoms with Crippen LogP contribution in [0.3, 0.4) is 0 Å². The van der Waals surface area contributed by atoms with Gasteiger partial charge >= 0.3 is 0 Å². The lowest BCUT2D eigenvalue weighted by molar-refractivity contribution is -0.119. The summed E-state index contributed by atoms with van der Waals surface area (Å²) in [5, 5.41) is 5.80. The van der Waals surface area contributed by atoms with E-state index in [1.807, 2.05) is 39.8 Å². The predicted molar refractivity (Wildman–Crippen MR) is 73.0 cm³/mol. The highest BCUT2D eigenvalue weighted by Gasteiger charge is 2.14. The Hall–Kier alpha value is -1.85. The Morgan fingerprint density at radius 3 is 2.56 bits per heavy atom. The Labute approximate surface area is 108 Å². The molecule has 0 bridgehead atoms. The molecule has 1 rings (SSSR count). The normalized spacial score (nSPS) is 10.1. The molecule has 0 unspecified atom stereocenters. The van der Waals surface area contributed by atoms with Crippen molar-refractivity contribution in [2.75, 3.05) is 37.4 Å². The minimum Gasteiger partial charge on any atom is -0.373 e. The van der Waals surface area contributed by atoms with Crippen LogP contribution < -0.4 is 15.5 Å². The Morgan fingerprint density at radius 2 is 2.00 bits per heavy atom. The maximum atomic E-state index is 11.6. The molecule has 1 aromatic heterocycles. The van der Waals surface area contributed by atoms with Gasteiger partial charge in [0.05, 0.1) is 6.54 Å². The number of hydrogen-bond donors (Lipinski definition) is 2. The van der Waals surface area contributed by atoms with Gasteiger partial charge in [0.15, 0.2) is 0 Å². The third-order valence-electron chi connectivity index (χ3n) is 2.59. The highest BCUT2D eigenvalue weighted by atomic mass is 16.2. The first-order valence-corrected chi connectivity index (χ1v) is 6.00. The van der Waals surface area contributed by atoms with Crippen molar-refractivity contribution in [3.05, 3.63) is 11.4 Å². The van der Waals surface area contributed by atoms with Gasteiger partial charge in [0.2, 0.25) is 5.91 Å². The van der Waals surface area contributed by atoms with E-state index in [0.717, 1.165) is 17.2 Å². The Morgan fingerprint density at radius 1 is 1.33 bits per heavy atom. The first kappa shape index (κ1) is 14.2. The SMILES string of the molecule is CCNC(=O)CN(C)c1nc(C)nc(NC)c1C. The summed E-state index contributed by atoms with van der Waals surface area (Å²) in [6.45, 7) is 6.60. The zero-order valence-electron chi connectivity index (χ0n) is 11.7. The van der Waals surface area contributed by atoms with Crippen molar-refractivity contribution in [3.63, 3.8) is 0 Å². The molecule has 0 radical (unpaired) electrons. The van der Waals surface area contributed by atoms with Gasteiger partial charge in [-0.3, -0.25) is 4.79 Å². The number of hydrogen-bond acceptors (Lipinski definition) is 5. The third kappa shape index (κ3) is 3.32. The minimum absolute atomic E-state index is 0.0123. The fourth-order valence-electron chi connectivity index (χ4n) is 1.77. The summed E-state index contributed by atoms with van der Waals surface area (Å²) in [6.07, 6.45) is 0. The average molecular weight is 251 g/mol. The van der Waals surface area contributed by atoms with E-state index in [1.165, 1.54) is 0 Å². The van der Waals surface area contributed by atoms with E-state index in [2.05, 4.69) is 20.6 Å². The Bertz CT molecular complexity index is 433. The average Bonchev–Trinajstić information content (AvgIpc) is 2.31. The lowest BCUT2D eigenvalue weighted by Gasteiger charge is -2.21. The van der Waals surface area contributed by atoms with Crippen LogP contribution in [0.2, 0.25) is 0 Å². The van der Waals surface area contributed by atoms with E-state index >= 15 is 0 Å². The van der Waals surface area contributed by atoms with E-state index in [1.54, 1.807) is 0 Å². The first-order chi connectivity index (χ1) is 8.49. The summed E-state index contributed by atoms with van der Waals surface area (Å²) in [4.78, 5) is 22.1. The van der Waals surface area contributed by atoms with Gasteiger partial charge in [0, 0.05) is 26.2 Å². The highest BCUT2D eigenvalue weighted by molar-refractivity contribution is 5.81. The number of carbonyl (C=O) groups is 1. The summed E-state index contributed by atoms with van der Waals surface area (Å²) < 4.78 is 0. The summed E-state index contributed by atoms with van der Waals surface area (Å²) in [5.74, 6) is 2.24. The van der Waals surface area contributed by atoms with Gasteiger partial charge in [-0.25, -0.2) is 9.97 Å². The van der Waals surface area contributed by atoms with Gasteiger partial charge in [-0.1, -0.05) is 0 Å². The van der Waals surface area contributed by atoms with E-state index in [-0.39, 0.29) is 12.5 Å². The highest BCUT2D eigenvalue weighted by Crippen LogP contribution is 2.21. The molecule has 6 nitrogen and oxygen atoms in total. The van der Waals surface area contributed by atoms with Gasteiger partial charge in [-0.15, -0.1) is 0 Å². The standard InChI is InChI=1S/C12H21N5O/c1-6-14-10(18)7-17(5)12-8(2)11(13-4)15-9(3)16-12/h6-7H2,1-5H3,(H,14,18)(H,13,15,16). The molecule has 1 heterocycles. The topological polar surface area (TPSA) is 70.2 Å². The number of anilines is 2. The van der Waals surface area contributed by atoms with Crippen LogP contribution >= 0.6 is 0 Å². The number of aryl methyl sites for hydroxylation is 1. The number of amides is 1. The van der Waals surface area contributed by atoms with Crippen molar-refractivity contribution in [3.8, 4) is 0 Å². The summed E-state index contributed by atoms with van der Waals surface area (Å²) in [7, 11) is 3.67. The Balaban J connectivity index is 2.94. The van der Waals surface area contributed by atoms with Gasteiger partial charge < -0.3 is 15.5 Å². The van der Waals surface area contributed by atoms with Crippen molar-refractivity contribution in [2.24, 2.45) is 0 Å². The molecule has 2 N–H and O–H groups in total. The molecule has 0 aromatic carbocycles. The second-order valence-corrected chi connectivity index (χ2v) is 4.13. The van der Waals surface area contributed by atoms with Crippen LogP contribution in [0.4, 0.5) is 11.6 Å². The first-order valence-electron chi connectivity index (χ1n) is 6.00. The van der Waals surface area contributed by atoms with E-state index in [0.29, 0.717) is 12.4 Å². The molecule has 0 fully saturated rings. The number of likely N-dealkylation sites (N-methyl/N-ethyl adjacent to an activating group) is 2. The van der Waals surface area contributed by atoms with Crippen molar-refractivity contribution < 1.29 is 4.79 Å². The van der Waals surface area contributed by atoms with Gasteiger partial charge in [0.25, 0.3) is 0 Å². The second kappa shape index (κ2) is 6.18. The van der Waals surface area contributed by atoms with Crippen LogP contribution in [-0.4, -0.2) is 43.1 Å². The van der Waals surface area contributed by atoms with Crippen LogP contribution in [0.15, 0.2) is 0 Å². The van der Waals surface area contributed by atoms with Crippen molar-refractivity contribution in [2.45, 2.75) is 20.8 Å². The lowest BCUT2D eigenvalue weighted by atomic mass is 10.3. The largest absolute Gasteiger partial charge is 0.373 e. The fourth-order valence-corrected chi connectivity index (χ4v) is 1.77. The number of nitrogens with zero attached hydrogens (tertiary/aromatic N) is 3. The van der Waals surface area contributed by atoms with Crippen LogP contribution in [0.1, 0.15) is 18.3 Å². The fraction of sp³-hybridized carbons (Fsp3) is 0.583. The molecular weight excluding hydrogens is 230 g/mol. The monoisotopic (exact) mass is 251 g/mol. The molecule has 0 atom stereocenters. The molecule has 6 heteroatoms. The van der Waals surface area contributed by atoms with Gasteiger partial charge in [0.1, 0.15) is 17.5 Å². The number of rotatable bonds is 5. The number of aromatic nitrogens is 2. The van der Waals surface area contributed by atoms with Crippen LogP contribution in [-0.2, 0) is 4.79 Å². The molecule has 18 heavy (non-hydrogen) atoms. The third-order valence-corrected chi connectivity index (χ3v) is 2.59. The molecule has 1 aromatic rings. The van der Waals surface area contributed by atoms with Crippen LogP contribution in [0.5, 0.6) is 0 Å². The molecule has 0 saturated carbocycles. The molecule has 0 spiro atoms. The van der Waals surface area contributed by atoms with Crippen LogP contribution in [0, 0.1) is 13.8 Å². The van der Waals surface area contributed by atoms with E-state index in [9.17, 15) is 4.79 Å². The van der Waals surface area contributed by atoms with Gasteiger partial charge in [-0.05, 0) is 20.8 Å². The van der Waals surface area contributed by atoms with E-state index in [4.69, 9.17) is 0 Å². The quantitative estimate of drug-likeness (QED) is 0.806. The molecule has 1 amide bonds. The number of nitrogens with one attached hydrogen (secondary N) is 2. The Kier molecular flexibility index (Phi) is 4.88. The summed E-state index contributed by atoms with van der Waals surface area (Å²) in [6, 6.07) is 0. The molecule has 0 aliphatic carbocycles. The lowest BCUT2D eigenvalue weighted by Crippen LogP contribution is -2.35. The van der Waals surface area contributed by atoms with Crippen LogP contribution in [0.25, 0.3) is 0 Å². The zero-order chi connectivity index (χ0) is 13.7. The van der Waals surface area contributed by atoms with Crippen molar-refractivity contribution >= 4 is 17.5 Å². The molecular formula is C12H21N5O. The molecule has 0 saturated heterocycles. The maximum absolute atomic E-state index is 11.6. The second-order valence-electron chi connectivity index (χ2n) is 4.13. The van der Waals surface area contributed by atoms with E-state index < -0.39 is 0 Å². The smallest absolute Gasteiger partial charge is 0.239 e. The van der Waals surface area contributed by atoms with Crippen molar-refractivity contribution in [1.29, 1.82) is 0 Å². The summed E-state index contributed by atoms with van der Waals surface area (Å²) in [5.41, 5.74) is 0.940. The predicted octanol–water partition coefficient (Wildman–Crippen LogP) is 0.707. The molecule has 0 aliphatic heterocycles. The van der Waals surface area contributed by atoms with Gasteiger partial charge in [-0.2, -0.15) is 0 Å². The van der Waals surface area contributed by atoms with Crippen molar-refractivity contribution in [1.82, 2.24) is 15.3 Å².